The van der Waals surface area contributed by atoms with Gasteiger partial charge in [-0.1, -0.05) is 66.5 Å². The van der Waals surface area contributed by atoms with Crippen molar-refractivity contribution in [2.24, 2.45) is 0 Å². The van der Waals surface area contributed by atoms with Gasteiger partial charge in [0.1, 0.15) is 0 Å². The first-order chi connectivity index (χ1) is 15.4. The van der Waals surface area contributed by atoms with Crippen LogP contribution in [0.4, 0.5) is 5.69 Å². The Morgan fingerprint density at radius 3 is 1.47 bits per heavy atom. The third-order valence-electron chi connectivity index (χ3n) is 4.41. The summed E-state index contributed by atoms with van der Waals surface area (Å²) in [7, 11) is 14.2. The topological polar surface area (TPSA) is 42.6 Å². The molecule has 5 heteroatoms. The van der Waals surface area contributed by atoms with Crippen molar-refractivity contribution in [3.8, 4) is 0 Å². The fourth-order valence-corrected chi connectivity index (χ4v) is 2.67. The minimum Gasteiger partial charge on any atom is -0.378 e. The normalized spacial score (nSPS) is 11.7. The van der Waals surface area contributed by atoms with Gasteiger partial charge in [0.05, 0.1) is 0 Å². The zero-order valence-corrected chi connectivity index (χ0v) is 24.2. The van der Waals surface area contributed by atoms with Crippen LogP contribution < -0.4 is 20.9 Å². The summed E-state index contributed by atoms with van der Waals surface area (Å²) < 4.78 is 0. The quantitative estimate of drug-likeness (QED) is 0.509. The van der Waals surface area contributed by atoms with Crippen molar-refractivity contribution in [2.75, 3.05) is 67.3 Å². The first kappa shape index (κ1) is 38.1. The highest BCUT2D eigenvalue weighted by molar-refractivity contribution is 5.45. The molecule has 1 saturated carbocycles. The summed E-state index contributed by atoms with van der Waals surface area (Å²) in [6, 6.07) is 9.40. The summed E-state index contributed by atoms with van der Waals surface area (Å²) in [5.41, 5.74) is 2.57. The number of hydrogen-bond donors (Lipinski definition) is 3. The predicted octanol–water partition coefficient (Wildman–Crippen LogP) is 5.47. The third-order valence-corrected chi connectivity index (χ3v) is 4.41. The maximum atomic E-state index is 3.26. The largest absolute Gasteiger partial charge is 0.378 e. The van der Waals surface area contributed by atoms with Crippen molar-refractivity contribution in [1.82, 2.24) is 20.9 Å². The first-order valence-electron chi connectivity index (χ1n) is 12.8. The highest BCUT2D eigenvalue weighted by atomic mass is 15.1. The van der Waals surface area contributed by atoms with Gasteiger partial charge in [0, 0.05) is 45.5 Å². The molecule has 0 spiro atoms. The van der Waals surface area contributed by atoms with E-state index in [1.54, 1.807) is 0 Å². The number of rotatable bonds is 7. The van der Waals surface area contributed by atoms with Gasteiger partial charge in [-0.25, -0.2) is 0 Å². The molecule has 0 atom stereocenters. The molecule has 1 aliphatic carbocycles. The Bertz CT molecular complexity index is 413. The second-order valence-corrected chi connectivity index (χ2v) is 7.27. The number of nitrogens with zero attached hydrogens (tertiary/aromatic N) is 2. The van der Waals surface area contributed by atoms with Crippen LogP contribution in [0, 0.1) is 0 Å². The Hall–Kier alpha value is -1.14. The van der Waals surface area contributed by atoms with Gasteiger partial charge >= 0.3 is 0 Å². The average molecular weight is 456 g/mol. The molecule has 0 saturated heterocycles. The van der Waals surface area contributed by atoms with Gasteiger partial charge in [-0.2, -0.15) is 0 Å². The molecule has 32 heavy (non-hydrogen) atoms. The summed E-state index contributed by atoms with van der Waals surface area (Å²) in [4.78, 5) is 4.25. The number of benzene rings is 1. The second kappa shape index (κ2) is 32.0. The Balaban J connectivity index is -0.000000171. The fraction of sp³-hybridized carbons (Fsp3) is 0.778. The molecule has 1 fully saturated rings. The molecule has 0 bridgehead atoms. The maximum absolute atomic E-state index is 3.26. The van der Waals surface area contributed by atoms with Crippen molar-refractivity contribution in [2.45, 2.75) is 79.8 Å². The molecular weight excluding hydrogens is 394 g/mol. The van der Waals surface area contributed by atoms with Gasteiger partial charge in [0.15, 0.2) is 0 Å². The van der Waals surface area contributed by atoms with Gasteiger partial charge in [-0.05, 0) is 65.8 Å². The van der Waals surface area contributed by atoms with E-state index in [-0.39, 0.29) is 0 Å². The predicted molar refractivity (Wildman–Crippen MR) is 151 cm³/mol. The maximum Gasteiger partial charge on any atom is 0.0361 e. The van der Waals surface area contributed by atoms with E-state index in [2.05, 4.69) is 71.2 Å². The van der Waals surface area contributed by atoms with Crippen LogP contribution in [0.2, 0.25) is 0 Å². The van der Waals surface area contributed by atoms with Crippen molar-refractivity contribution in [1.29, 1.82) is 0 Å². The molecule has 194 valence electrons. The molecule has 5 nitrogen and oxygen atoms in total. The molecular formula is C27H61N5. The Morgan fingerprint density at radius 1 is 0.750 bits per heavy atom. The molecule has 0 unspecified atom stereocenters. The lowest BCUT2D eigenvalue weighted by atomic mass is 10.2. The van der Waals surface area contributed by atoms with Crippen molar-refractivity contribution < 1.29 is 0 Å². The third kappa shape index (κ3) is 26.9. The first-order valence-corrected chi connectivity index (χ1v) is 12.8. The summed E-state index contributed by atoms with van der Waals surface area (Å²) >= 11 is 0. The minimum absolute atomic E-state index is 0.847. The van der Waals surface area contributed by atoms with Gasteiger partial charge in [-0.15, -0.1) is 0 Å². The standard InChI is InChI=1S/C10H16N2.C6H13N.C5H14N2.3C2H6/c1-11-8-9-4-6-10(7-5-9)12(2)3;1-7-6-4-2-3-5-6;1-6-4-5-7(2)3;3*1-2/h4-7,11H,8H2,1-3H3;6-7H,2-5H2,1H3;6H,4-5H2,1-3H3;3*1-2H3. The van der Waals surface area contributed by atoms with E-state index >= 15 is 0 Å². The van der Waals surface area contributed by atoms with Crippen LogP contribution in [0.25, 0.3) is 0 Å². The van der Waals surface area contributed by atoms with Crippen molar-refractivity contribution in [3.05, 3.63) is 29.8 Å². The van der Waals surface area contributed by atoms with Gasteiger partial charge < -0.3 is 25.8 Å². The number of likely N-dealkylation sites (N-methyl/N-ethyl adjacent to an activating group) is 2. The molecule has 0 heterocycles. The van der Waals surface area contributed by atoms with Gasteiger partial charge in [0.25, 0.3) is 0 Å². The lowest BCUT2D eigenvalue weighted by Gasteiger charge is -2.12. The molecule has 0 aromatic heterocycles. The molecule has 3 N–H and O–H groups in total. The molecule has 0 amide bonds. The van der Waals surface area contributed by atoms with Crippen LogP contribution in [0.3, 0.4) is 0 Å². The number of nitrogens with one attached hydrogen (secondary N) is 3. The van der Waals surface area contributed by atoms with Crippen LogP contribution in [-0.2, 0) is 6.54 Å². The summed E-state index contributed by atoms with van der Waals surface area (Å²) in [5.74, 6) is 0. The van der Waals surface area contributed by atoms with Crippen molar-refractivity contribution >= 4 is 5.69 Å². The molecule has 2 rings (SSSR count). The van der Waals surface area contributed by atoms with Crippen LogP contribution in [0.1, 0.15) is 72.8 Å². The van der Waals surface area contributed by atoms with Crippen LogP contribution in [-0.4, -0.2) is 73.4 Å². The van der Waals surface area contributed by atoms with Crippen molar-refractivity contribution in [3.63, 3.8) is 0 Å². The highest BCUT2D eigenvalue weighted by Gasteiger charge is 2.10. The highest BCUT2D eigenvalue weighted by Crippen LogP contribution is 2.16. The Kier molecular flexibility index (Phi) is 38.2. The molecule has 1 aliphatic rings. The smallest absolute Gasteiger partial charge is 0.0361 e. The minimum atomic E-state index is 0.847. The van der Waals surface area contributed by atoms with E-state index < -0.39 is 0 Å². The molecule has 0 radical (unpaired) electrons. The number of anilines is 1. The lowest BCUT2D eigenvalue weighted by Crippen LogP contribution is -2.23. The van der Waals surface area contributed by atoms with Crippen LogP contribution >= 0.6 is 0 Å². The second-order valence-electron chi connectivity index (χ2n) is 7.27. The van der Waals surface area contributed by atoms with E-state index in [0.29, 0.717) is 0 Å². The summed E-state index contributed by atoms with van der Waals surface area (Å²) in [5, 5.41) is 9.44. The van der Waals surface area contributed by atoms with Gasteiger partial charge in [-0.3, -0.25) is 0 Å². The monoisotopic (exact) mass is 455 g/mol. The molecule has 0 aliphatic heterocycles. The molecule has 1 aromatic rings. The fourth-order valence-electron chi connectivity index (χ4n) is 2.67. The molecule has 1 aromatic carbocycles. The van der Waals surface area contributed by atoms with E-state index in [1.807, 2.05) is 69.7 Å². The van der Waals surface area contributed by atoms with E-state index in [9.17, 15) is 0 Å². The Morgan fingerprint density at radius 2 is 1.22 bits per heavy atom. The summed E-state index contributed by atoms with van der Waals surface area (Å²) in [6.45, 7) is 15.1. The van der Waals surface area contributed by atoms with E-state index in [4.69, 9.17) is 0 Å². The van der Waals surface area contributed by atoms with Gasteiger partial charge in [0.2, 0.25) is 0 Å². The average Bonchev–Trinajstić information content (AvgIpc) is 3.37. The SMILES string of the molecule is CC.CC.CC.CNC1CCCC1.CNCCN(C)C.CNCc1ccc(N(C)C)cc1. The number of hydrogen-bond acceptors (Lipinski definition) is 5. The lowest BCUT2D eigenvalue weighted by molar-refractivity contribution is 0.407. The zero-order valence-electron chi connectivity index (χ0n) is 24.2. The Labute approximate surface area is 203 Å². The van der Waals surface area contributed by atoms with Crippen LogP contribution in [0.5, 0.6) is 0 Å². The summed E-state index contributed by atoms with van der Waals surface area (Å²) in [6.07, 6.45) is 5.67. The zero-order chi connectivity index (χ0) is 25.8. The van der Waals surface area contributed by atoms with E-state index in [1.165, 1.54) is 36.9 Å². The van der Waals surface area contributed by atoms with E-state index in [0.717, 1.165) is 25.7 Å². The van der Waals surface area contributed by atoms with Crippen LogP contribution in [0.15, 0.2) is 24.3 Å².